The Bertz CT molecular complexity index is 1140. The van der Waals surface area contributed by atoms with Gasteiger partial charge in [-0.3, -0.25) is 0 Å². The molecule has 1 atom stereocenters. The number of benzene rings is 3. The van der Waals surface area contributed by atoms with E-state index in [4.69, 9.17) is 9.47 Å². The first-order chi connectivity index (χ1) is 14.8. The van der Waals surface area contributed by atoms with Gasteiger partial charge in [-0.25, -0.2) is 12.7 Å². The van der Waals surface area contributed by atoms with Gasteiger partial charge in [-0.15, -0.1) is 0 Å². The van der Waals surface area contributed by atoms with Gasteiger partial charge in [-0.1, -0.05) is 57.2 Å². The van der Waals surface area contributed by atoms with Crippen LogP contribution in [0.4, 0.5) is 11.4 Å². The lowest BCUT2D eigenvalue weighted by Gasteiger charge is -2.28. The topological polar surface area (TPSA) is 59.1 Å². The van der Waals surface area contributed by atoms with Gasteiger partial charge >= 0.3 is 0 Å². The summed E-state index contributed by atoms with van der Waals surface area (Å²) < 4.78 is 40.0. The maximum atomic E-state index is 13.7. The number of ether oxygens (including phenoxy) is 2. The fourth-order valence-corrected chi connectivity index (χ4v) is 4.89. The van der Waals surface area contributed by atoms with Crippen LogP contribution < -0.4 is 9.04 Å². The number of anilines is 2. The summed E-state index contributed by atoms with van der Waals surface area (Å²) >= 11 is 0. The van der Waals surface area contributed by atoms with Crippen LogP contribution in [-0.2, 0) is 20.2 Å². The summed E-state index contributed by atoms with van der Waals surface area (Å²) in [6, 6.07) is 23.2. The van der Waals surface area contributed by atoms with Crippen molar-refractivity contribution in [1.82, 2.24) is 0 Å². The van der Waals surface area contributed by atoms with Crippen LogP contribution in [0.5, 0.6) is 5.75 Å². The third-order valence-electron chi connectivity index (χ3n) is 5.10. The molecule has 1 unspecified atom stereocenters. The molecule has 0 saturated carbocycles. The zero-order valence-corrected chi connectivity index (χ0v) is 18.8. The van der Waals surface area contributed by atoms with Crippen molar-refractivity contribution in [2.24, 2.45) is 0 Å². The fourth-order valence-electron chi connectivity index (χ4n) is 3.39. The van der Waals surface area contributed by atoms with Gasteiger partial charge in [-0.2, -0.15) is 0 Å². The van der Waals surface area contributed by atoms with Crippen LogP contribution in [-0.4, -0.2) is 27.7 Å². The van der Waals surface area contributed by atoms with Gasteiger partial charge in [0, 0.05) is 5.56 Å². The molecule has 1 fully saturated rings. The van der Waals surface area contributed by atoms with E-state index in [-0.39, 0.29) is 16.4 Å². The molecule has 6 heteroatoms. The minimum absolute atomic E-state index is 0.145. The predicted octanol–water partition coefficient (Wildman–Crippen LogP) is 5.29. The molecule has 0 N–H and O–H groups in total. The molecule has 1 aliphatic rings. The maximum absolute atomic E-state index is 13.7. The summed E-state index contributed by atoms with van der Waals surface area (Å²) in [6.45, 7) is 7.48. The van der Waals surface area contributed by atoms with Gasteiger partial charge in [0.05, 0.1) is 22.9 Å². The van der Waals surface area contributed by atoms with E-state index in [1.165, 1.54) is 4.31 Å². The fraction of sp³-hybridized carbons (Fsp3) is 0.280. The highest BCUT2D eigenvalue weighted by Gasteiger charge is 2.30. The van der Waals surface area contributed by atoms with Crippen molar-refractivity contribution in [1.29, 1.82) is 0 Å². The van der Waals surface area contributed by atoms with E-state index in [2.05, 4.69) is 20.8 Å². The Morgan fingerprint density at radius 2 is 1.55 bits per heavy atom. The molecule has 0 bridgehead atoms. The Hall–Kier alpha value is -2.83. The largest absolute Gasteiger partial charge is 0.490 e. The third kappa shape index (κ3) is 4.75. The summed E-state index contributed by atoms with van der Waals surface area (Å²) in [6.07, 6.45) is 0.145. The van der Waals surface area contributed by atoms with Crippen molar-refractivity contribution in [3.8, 4) is 5.75 Å². The third-order valence-corrected chi connectivity index (χ3v) is 6.88. The molecule has 1 aliphatic heterocycles. The van der Waals surface area contributed by atoms with Crippen LogP contribution in [0, 0.1) is 0 Å². The molecule has 3 aromatic carbocycles. The van der Waals surface area contributed by atoms with Gasteiger partial charge in [0.15, 0.2) is 0 Å². The summed E-state index contributed by atoms with van der Waals surface area (Å²) in [5, 5.41) is 0. The number of epoxide rings is 1. The van der Waals surface area contributed by atoms with E-state index in [1.807, 2.05) is 30.3 Å². The normalized spacial score (nSPS) is 16.0. The number of rotatable bonds is 7. The molecule has 1 saturated heterocycles. The minimum Gasteiger partial charge on any atom is -0.490 e. The van der Waals surface area contributed by atoms with E-state index in [9.17, 15) is 8.42 Å². The van der Waals surface area contributed by atoms with Crippen LogP contribution in [0.15, 0.2) is 83.8 Å². The standard InChI is InChI=1S/C25H27NO4S/c1-25(2,3)23-16-20(14-15-24(23)30-18-21-17-29-21)26(19-10-6-4-7-11-19)31(27,28)22-12-8-5-9-13-22/h4-16,21H,17-18H2,1-3H3. The molecule has 4 rings (SSSR count). The highest BCUT2D eigenvalue weighted by Crippen LogP contribution is 2.39. The average Bonchev–Trinajstić information content (AvgIpc) is 3.58. The lowest BCUT2D eigenvalue weighted by Crippen LogP contribution is -2.27. The molecule has 1 heterocycles. The van der Waals surface area contributed by atoms with Gasteiger partial charge in [0.1, 0.15) is 18.5 Å². The quantitative estimate of drug-likeness (QED) is 0.471. The Balaban J connectivity index is 1.83. The van der Waals surface area contributed by atoms with Gasteiger partial charge in [0.2, 0.25) is 0 Å². The Kier molecular flexibility index (Phi) is 5.77. The SMILES string of the molecule is CC(C)(C)c1cc(N(c2ccccc2)S(=O)(=O)c2ccccc2)ccc1OCC1CO1. The number of para-hydroxylation sites is 1. The van der Waals surface area contributed by atoms with E-state index < -0.39 is 10.0 Å². The Morgan fingerprint density at radius 3 is 2.13 bits per heavy atom. The van der Waals surface area contributed by atoms with Crippen LogP contribution in [0.1, 0.15) is 26.3 Å². The van der Waals surface area contributed by atoms with Crippen molar-refractivity contribution in [2.75, 3.05) is 17.5 Å². The van der Waals surface area contributed by atoms with Crippen LogP contribution in [0.2, 0.25) is 0 Å². The Morgan fingerprint density at radius 1 is 0.935 bits per heavy atom. The van der Waals surface area contributed by atoms with Gasteiger partial charge in [0.25, 0.3) is 10.0 Å². The van der Waals surface area contributed by atoms with E-state index in [1.54, 1.807) is 48.5 Å². The molecular weight excluding hydrogens is 410 g/mol. The van der Waals surface area contributed by atoms with Gasteiger partial charge in [-0.05, 0) is 47.9 Å². The van der Waals surface area contributed by atoms with E-state index in [0.29, 0.717) is 18.0 Å². The maximum Gasteiger partial charge on any atom is 0.268 e. The highest BCUT2D eigenvalue weighted by molar-refractivity contribution is 7.93. The number of hydrogen-bond acceptors (Lipinski definition) is 4. The zero-order valence-electron chi connectivity index (χ0n) is 18.0. The second-order valence-electron chi connectivity index (χ2n) is 8.61. The van der Waals surface area contributed by atoms with Crippen molar-refractivity contribution in [3.63, 3.8) is 0 Å². The number of nitrogens with zero attached hydrogens (tertiary/aromatic N) is 1. The first-order valence-corrected chi connectivity index (χ1v) is 11.8. The molecule has 0 aromatic heterocycles. The molecule has 0 spiro atoms. The number of hydrogen-bond donors (Lipinski definition) is 0. The molecule has 0 radical (unpaired) electrons. The molecule has 5 nitrogen and oxygen atoms in total. The Labute approximate surface area is 184 Å². The van der Waals surface area contributed by atoms with Crippen molar-refractivity contribution in [3.05, 3.63) is 84.4 Å². The molecule has 0 amide bonds. The monoisotopic (exact) mass is 437 g/mol. The van der Waals surface area contributed by atoms with Crippen LogP contribution >= 0.6 is 0 Å². The predicted molar refractivity (Wildman–Crippen MR) is 123 cm³/mol. The summed E-state index contributed by atoms with van der Waals surface area (Å²) in [7, 11) is -3.83. The first-order valence-electron chi connectivity index (χ1n) is 10.3. The van der Waals surface area contributed by atoms with Crippen molar-refractivity contribution < 1.29 is 17.9 Å². The average molecular weight is 438 g/mol. The first kappa shape index (κ1) is 21.4. The van der Waals surface area contributed by atoms with E-state index >= 15 is 0 Å². The minimum atomic E-state index is -3.83. The summed E-state index contributed by atoms with van der Waals surface area (Å²) in [4.78, 5) is 0.238. The molecule has 162 valence electrons. The molecular formula is C25H27NO4S. The highest BCUT2D eigenvalue weighted by atomic mass is 32.2. The molecule has 3 aromatic rings. The van der Waals surface area contributed by atoms with Crippen LogP contribution in [0.25, 0.3) is 0 Å². The lowest BCUT2D eigenvalue weighted by molar-refractivity contribution is 0.258. The lowest BCUT2D eigenvalue weighted by atomic mass is 9.86. The summed E-state index contributed by atoms with van der Waals surface area (Å²) in [5.41, 5.74) is 1.84. The van der Waals surface area contributed by atoms with E-state index in [0.717, 1.165) is 17.9 Å². The number of sulfonamides is 1. The van der Waals surface area contributed by atoms with Crippen LogP contribution in [0.3, 0.4) is 0 Å². The van der Waals surface area contributed by atoms with Gasteiger partial charge < -0.3 is 9.47 Å². The summed E-state index contributed by atoms with van der Waals surface area (Å²) in [5.74, 6) is 0.747. The second kappa shape index (κ2) is 8.36. The van der Waals surface area contributed by atoms with Crippen molar-refractivity contribution in [2.45, 2.75) is 37.2 Å². The van der Waals surface area contributed by atoms with Crippen molar-refractivity contribution >= 4 is 21.4 Å². The molecule has 31 heavy (non-hydrogen) atoms. The second-order valence-corrected chi connectivity index (χ2v) is 10.4. The smallest absolute Gasteiger partial charge is 0.268 e. The zero-order chi connectivity index (χ0) is 22.1. The molecule has 0 aliphatic carbocycles.